The van der Waals surface area contributed by atoms with Gasteiger partial charge >= 0.3 is 17.9 Å². The van der Waals surface area contributed by atoms with Gasteiger partial charge in [-0.05, 0) is 83.5 Å². The zero-order chi connectivity index (χ0) is 49.3. The van der Waals surface area contributed by atoms with Crippen LogP contribution < -0.4 is 0 Å². The van der Waals surface area contributed by atoms with Gasteiger partial charge in [0.15, 0.2) is 6.10 Å². The van der Waals surface area contributed by atoms with Gasteiger partial charge in [0.1, 0.15) is 13.2 Å². The molecule has 1 atom stereocenters. The van der Waals surface area contributed by atoms with Crippen LogP contribution in [0, 0.1) is 0 Å². The Balaban J connectivity index is 4.48. The molecule has 0 heterocycles. The van der Waals surface area contributed by atoms with Crippen molar-refractivity contribution in [3.05, 3.63) is 109 Å². The first-order valence-corrected chi connectivity index (χ1v) is 27.9. The van der Waals surface area contributed by atoms with Crippen LogP contribution in [0.5, 0.6) is 0 Å². The van der Waals surface area contributed by atoms with E-state index in [0.29, 0.717) is 19.3 Å². The van der Waals surface area contributed by atoms with E-state index in [9.17, 15) is 14.4 Å². The first-order valence-electron chi connectivity index (χ1n) is 27.9. The summed E-state index contributed by atoms with van der Waals surface area (Å²) in [5, 5.41) is 0. The summed E-state index contributed by atoms with van der Waals surface area (Å²) in [6.45, 7) is 6.35. The van der Waals surface area contributed by atoms with Crippen molar-refractivity contribution < 1.29 is 28.6 Å². The smallest absolute Gasteiger partial charge is 0.306 e. The van der Waals surface area contributed by atoms with Crippen LogP contribution in [0.1, 0.15) is 245 Å². The van der Waals surface area contributed by atoms with E-state index < -0.39 is 6.10 Å². The lowest BCUT2D eigenvalue weighted by atomic mass is 10.0. The van der Waals surface area contributed by atoms with Crippen LogP contribution in [-0.4, -0.2) is 37.2 Å². The Morgan fingerprint density at radius 1 is 0.324 bits per heavy atom. The van der Waals surface area contributed by atoms with E-state index in [0.717, 1.165) is 122 Å². The van der Waals surface area contributed by atoms with E-state index in [2.05, 4.69) is 112 Å². The molecule has 0 bridgehead atoms. The Kier molecular flexibility index (Phi) is 52.4. The molecule has 386 valence electrons. The SMILES string of the molecule is CC\C=C/C=C\C=C/C=C\CCCCCCCC(=O)OCC(COC(=O)CCCCC/C=C\C/C=C\C/C=C\C/C=C\C/C=C\CC)OC(=O)CCCCCCCCCCCCCCCCCC. The maximum Gasteiger partial charge on any atom is 0.306 e. The zero-order valence-corrected chi connectivity index (χ0v) is 44.1. The normalized spacial score (nSPS) is 12.9. The van der Waals surface area contributed by atoms with E-state index in [4.69, 9.17) is 14.2 Å². The molecule has 1 unspecified atom stereocenters. The molecule has 0 N–H and O–H groups in total. The summed E-state index contributed by atoms with van der Waals surface area (Å²) in [6, 6.07) is 0. The van der Waals surface area contributed by atoms with Crippen molar-refractivity contribution >= 4 is 17.9 Å². The van der Waals surface area contributed by atoms with Crippen LogP contribution in [0.3, 0.4) is 0 Å². The van der Waals surface area contributed by atoms with Gasteiger partial charge in [0, 0.05) is 19.3 Å². The Morgan fingerprint density at radius 2 is 0.647 bits per heavy atom. The molecular weight excluding hydrogens is 841 g/mol. The van der Waals surface area contributed by atoms with E-state index >= 15 is 0 Å². The van der Waals surface area contributed by atoms with Gasteiger partial charge in [0.25, 0.3) is 0 Å². The first-order chi connectivity index (χ1) is 33.5. The summed E-state index contributed by atoms with van der Waals surface area (Å²) in [5.41, 5.74) is 0. The van der Waals surface area contributed by atoms with Crippen LogP contribution in [0.15, 0.2) is 109 Å². The van der Waals surface area contributed by atoms with Crippen molar-refractivity contribution in [3.8, 4) is 0 Å². The minimum absolute atomic E-state index is 0.101. The highest BCUT2D eigenvalue weighted by molar-refractivity contribution is 5.71. The lowest BCUT2D eigenvalue weighted by Crippen LogP contribution is -2.30. The van der Waals surface area contributed by atoms with Crippen molar-refractivity contribution in [2.45, 2.75) is 252 Å². The number of esters is 3. The van der Waals surface area contributed by atoms with E-state index in [-0.39, 0.29) is 31.1 Å². The predicted molar refractivity (Wildman–Crippen MR) is 293 cm³/mol. The predicted octanol–water partition coefficient (Wildman–Crippen LogP) is 18.7. The third-order valence-corrected chi connectivity index (χ3v) is 11.6. The summed E-state index contributed by atoms with van der Waals surface area (Å²) in [4.78, 5) is 38.1. The molecular formula is C62H102O6. The summed E-state index contributed by atoms with van der Waals surface area (Å²) in [6.07, 6.45) is 75.0. The van der Waals surface area contributed by atoms with Crippen molar-refractivity contribution in [2.24, 2.45) is 0 Å². The van der Waals surface area contributed by atoms with E-state index in [1.165, 1.54) is 83.5 Å². The average Bonchev–Trinajstić information content (AvgIpc) is 3.34. The number of hydrogen-bond donors (Lipinski definition) is 0. The van der Waals surface area contributed by atoms with Crippen molar-refractivity contribution in [3.63, 3.8) is 0 Å². The fourth-order valence-corrected chi connectivity index (χ4v) is 7.48. The molecule has 0 spiro atoms. The Hall–Kier alpha value is -3.93. The molecule has 0 aromatic rings. The number of hydrogen-bond acceptors (Lipinski definition) is 6. The van der Waals surface area contributed by atoms with Gasteiger partial charge in [-0.3, -0.25) is 14.4 Å². The standard InChI is InChI=1S/C62H102O6/c1-4-7-10-13-16-19-22-25-28-30-31-32-35-37-40-43-46-49-52-55-61(64)67-58-59(57-66-60(63)54-51-48-45-42-39-36-33-27-24-21-18-15-12-9-6-3)68-62(65)56-53-50-47-44-41-38-34-29-26-23-20-17-14-11-8-5-2/h7,9-10,12,15-16,18-19,21,24-25,27-28,31-33,37,40,59H,4-6,8,11,13-14,17,20,22-23,26,29-30,34-36,38-39,41-58H2,1-3H3/b10-7-,12-9-,18-15-,19-16-,24-21-,28-25-,32-31-,33-27-,40-37-. The van der Waals surface area contributed by atoms with Crippen molar-refractivity contribution in [1.82, 2.24) is 0 Å². The first kappa shape index (κ1) is 64.1. The fourth-order valence-electron chi connectivity index (χ4n) is 7.48. The summed E-state index contributed by atoms with van der Waals surface area (Å²) >= 11 is 0. The monoisotopic (exact) mass is 943 g/mol. The van der Waals surface area contributed by atoms with Gasteiger partial charge in [-0.25, -0.2) is 0 Å². The Bertz CT molecular complexity index is 1410. The fraction of sp³-hybridized carbons (Fsp3) is 0.661. The maximum absolute atomic E-state index is 12.8. The number of allylic oxidation sites excluding steroid dienone is 18. The molecule has 6 nitrogen and oxygen atoms in total. The molecule has 0 saturated carbocycles. The van der Waals surface area contributed by atoms with Crippen LogP contribution >= 0.6 is 0 Å². The maximum atomic E-state index is 12.8. The molecule has 68 heavy (non-hydrogen) atoms. The molecule has 0 saturated heterocycles. The number of carbonyl (C=O) groups is 3. The summed E-state index contributed by atoms with van der Waals surface area (Å²) in [7, 11) is 0. The molecule has 0 amide bonds. The molecule has 6 heteroatoms. The quantitative estimate of drug-likeness (QED) is 0.0199. The molecule has 0 aromatic heterocycles. The molecule has 0 aliphatic carbocycles. The van der Waals surface area contributed by atoms with Crippen molar-refractivity contribution in [2.75, 3.05) is 13.2 Å². The van der Waals surface area contributed by atoms with Gasteiger partial charge in [-0.1, -0.05) is 252 Å². The van der Waals surface area contributed by atoms with Gasteiger partial charge in [-0.2, -0.15) is 0 Å². The van der Waals surface area contributed by atoms with Crippen LogP contribution in [0.4, 0.5) is 0 Å². The zero-order valence-electron chi connectivity index (χ0n) is 44.1. The minimum atomic E-state index is -0.802. The second kappa shape index (κ2) is 55.7. The van der Waals surface area contributed by atoms with Crippen LogP contribution in [-0.2, 0) is 28.6 Å². The topological polar surface area (TPSA) is 78.9 Å². The van der Waals surface area contributed by atoms with Crippen LogP contribution in [0.25, 0.3) is 0 Å². The molecule has 0 fully saturated rings. The lowest BCUT2D eigenvalue weighted by Gasteiger charge is -2.18. The average molecular weight is 943 g/mol. The Morgan fingerprint density at radius 3 is 1.09 bits per heavy atom. The van der Waals surface area contributed by atoms with E-state index in [1.807, 2.05) is 18.2 Å². The van der Waals surface area contributed by atoms with Gasteiger partial charge in [0.05, 0.1) is 0 Å². The molecule has 0 rings (SSSR count). The third-order valence-electron chi connectivity index (χ3n) is 11.6. The number of unbranched alkanes of at least 4 members (excludes halogenated alkanes) is 23. The van der Waals surface area contributed by atoms with Gasteiger partial charge < -0.3 is 14.2 Å². The highest BCUT2D eigenvalue weighted by Gasteiger charge is 2.19. The van der Waals surface area contributed by atoms with Gasteiger partial charge in [-0.15, -0.1) is 0 Å². The number of carbonyl (C=O) groups excluding carboxylic acids is 3. The largest absolute Gasteiger partial charge is 0.462 e. The molecule has 0 radical (unpaired) electrons. The van der Waals surface area contributed by atoms with Crippen molar-refractivity contribution in [1.29, 1.82) is 0 Å². The molecule has 0 aliphatic rings. The summed E-state index contributed by atoms with van der Waals surface area (Å²) in [5.74, 6) is -0.952. The highest BCUT2D eigenvalue weighted by Crippen LogP contribution is 2.15. The number of rotatable bonds is 49. The second-order valence-corrected chi connectivity index (χ2v) is 18.2. The molecule has 0 aromatic carbocycles. The number of ether oxygens (including phenoxy) is 3. The third kappa shape index (κ3) is 53.0. The minimum Gasteiger partial charge on any atom is -0.462 e. The summed E-state index contributed by atoms with van der Waals surface area (Å²) < 4.78 is 16.8. The Labute approximate surface area is 419 Å². The van der Waals surface area contributed by atoms with E-state index in [1.54, 1.807) is 0 Å². The lowest BCUT2D eigenvalue weighted by molar-refractivity contribution is -0.167. The highest BCUT2D eigenvalue weighted by atomic mass is 16.6. The molecule has 0 aliphatic heterocycles. The second-order valence-electron chi connectivity index (χ2n) is 18.2. The van der Waals surface area contributed by atoms with Crippen LogP contribution in [0.2, 0.25) is 0 Å². The van der Waals surface area contributed by atoms with Gasteiger partial charge in [0.2, 0.25) is 0 Å².